The van der Waals surface area contributed by atoms with E-state index in [4.69, 9.17) is 5.11 Å². The van der Waals surface area contributed by atoms with Crippen molar-refractivity contribution in [2.24, 2.45) is 0 Å². The summed E-state index contributed by atoms with van der Waals surface area (Å²) >= 11 is 0. The Morgan fingerprint density at radius 3 is 2.59 bits per heavy atom. The molecule has 0 aliphatic carbocycles. The molecule has 1 amide bonds. The number of likely N-dealkylation sites (tertiary alicyclic amines) is 1. The number of aryl methyl sites for hydroxylation is 2. The molecule has 0 aromatic carbocycles. The molecule has 1 aromatic rings. The Morgan fingerprint density at radius 1 is 1.36 bits per heavy atom. The lowest BCUT2D eigenvalue weighted by atomic mass is 10.0. The fourth-order valence-corrected chi connectivity index (χ4v) is 2.74. The number of rotatable bonds is 6. The number of nitrogens with one attached hydrogen (secondary N) is 2. The van der Waals surface area contributed by atoms with Crippen molar-refractivity contribution in [2.75, 3.05) is 19.6 Å². The van der Waals surface area contributed by atoms with E-state index in [9.17, 15) is 9.59 Å². The molecule has 1 aromatic heterocycles. The SMILES string of the molecule is Cc1[nH]nc(CCC(=O)NC2CCN(CC(=O)O)CC2)c1C. The highest BCUT2D eigenvalue weighted by molar-refractivity contribution is 5.76. The molecule has 3 N–H and O–H groups in total. The number of carbonyl (C=O) groups excluding carboxylic acids is 1. The first-order chi connectivity index (χ1) is 10.5. The largest absolute Gasteiger partial charge is 0.480 e. The quantitative estimate of drug-likeness (QED) is 0.716. The summed E-state index contributed by atoms with van der Waals surface area (Å²) in [6.07, 6.45) is 2.68. The van der Waals surface area contributed by atoms with E-state index in [0.29, 0.717) is 12.8 Å². The second kappa shape index (κ2) is 7.40. The van der Waals surface area contributed by atoms with Crippen molar-refractivity contribution >= 4 is 11.9 Å². The normalized spacial score (nSPS) is 16.6. The average Bonchev–Trinajstić information content (AvgIpc) is 2.78. The standard InChI is InChI=1S/C15H24N4O3/c1-10-11(2)17-18-13(10)3-4-14(20)16-12-5-7-19(8-6-12)9-15(21)22/h12H,3-9H2,1-2H3,(H,16,20)(H,17,18)(H,21,22). The minimum atomic E-state index is -0.799. The lowest BCUT2D eigenvalue weighted by Gasteiger charge is -2.31. The summed E-state index contributed by atoms with van der Waals surface area (Å²) in [5, 5.41) is 18.9. The van der Waals surface area contributed by atoms with Gasteiger partial charge in [0, 0.05) is 37.7 Å². The molecule has 0 bridgehead atoms. The highest BCUT2D eigenvalue weighted by atomic mass is 16.4. The molecule has 7 heteroatoms. The first kappa shape index (κ1) is 16.5. The van der Waals surface area contributed by atoms with Gasteiger partial charge in [-0.2, -0.15) is 5.10 Å². The number of hydrogen-bond acceptors (Lipinski definition) is 4. The van der Waals surface area contributed by atoms with Crippen LogP contribution in [0.25, 0.3) is 0 Å². The maximum Gasteiger partial charge on any atom is 0.317 e. The molecule has 0 atom stereocenters. The summed E-state index contributed by atoms with van der Waals surface area (Å²) in [5.41, 5.74) is 3.11. The second-order valence-corrected chi connectivity index (χ2v) is 5.93. The molecular weight excluding hydrogens is 284 g/mol. The smallest absolute Gasteiger partial charge is 0.317 e. The van der Waals surface area contributed by atoms with Crippen LogP contribution in [0.4, 0.5) is 0 Å². The number of piperidine rings is 1. The molecule has 1 aliphatic rings. The van der Waals surface area contributed by atoms with E-state index in [-0.39, 0.29) is 18.5 Å². The maximum atomic E-state index is 12.0. The Bertz CT molecular complexity index is 533. The molecule has 22 heavy (non-hydrogen) atoms. The van der Waals surface area contributed by atoms with Crippen molar-refractivity contribution in [3.05, 3.63) is 17.0 Å². The number of amides is 1. The van der Waals surface area contributed by atoms with Crippen LogP contribution in [-0.2, 0) is 16.0 Å². The second-order valence-electron chi connectivity index (χ2n) is 5.93. The molecule has 7 nitrogen and oxygen atoms in total. The molecule has 1 saturated heterocycles. The van der Waals surface area contributed by atoms with Crippen molar-refractivity contribution in [3.63, 3.8) is 0 Å². The van der Waals surface area contributed by atoms with Gasteiger partial charge in [-0.3, -0.25) is 19.6 Å². The Labute approximate surface area is 130 Å². The average molecular weight is 308 g/mol. The number of H-pyrrole nitrogens is 1. The van der Waals surface area contributed by atoms with Crippen molar-refractivity contribution in [1.29, 1.82) is 0 Å². The van der Waals surface area contributed by atoms with Gasteiger partial charge in [0.05, 0.1) is 12.2 Å². The molecule has 1 fully saturated rings. The van der Waals surface area contributed by atoms with Gasteiger partial charge in [-0.1, -0.05) is 0 Å². The van der Waals surface area contributed by atoms with Gasteiger partial charge in [-0.05, 0) is 32.3 Å². The molecular formula is C15H24N4O3. The van der Waals surface area contributed by atoms with E-state index >= 15 is 0 Å². The minimum absolute atomic E-state index is 0.0386. The number of hydrogen-bond donors (Lipinski definition) is 3. The van der Waals surface area contributed by atoms with Gasteiger partial charge in [-0.25, -0.2) is 0 Å². The lowest BCUT2D eigenvalue weighted by Crippen LogP contribution is -2.45. The molecule has 0 radical (unpaired) electrons. The maximum absolute atomic E-state index is 12.0. The van der Waals surface area contributed by atoms with Gasteiger partial charge in [0.2, 0.25) is 5.91 Å². The number of aliphatic carboxylic acids is 1. The summed E-state index contributed by atoms with van der Waals surface area (Å²) in [7, 11) is 0. The highest BCUT2D eigenvalue weighted by Crippen LogP contribution is 2.12. The Morgan fingerprint density at radius 2 is 2.05 bits per heavy atom. The summed E-state index contributed by atoms with van der Waals surface area (Å²) < 4.78 is 0. The lowest BCUT2D eigenvalue weighted by molar-refractivity contribution is -0.138. The number of nitrogens with zero attached hydrogens (tertiary/aromatic N) is 2. The first-order valence-electron chi connectivity index (χ1n) is 7.69. The van der Waals surface area contributed by atoms with Crippen LogP contribution in [0.15, 0.2) is 0 Å². The number of carboxylic acids is 1. The van der Waals surface area contributed by atoms with Crippen LogP contribution in [0.5, 0.6) is 0 Å². The molecule has 0 unspecified atom stereocenters. The number of carbonyl (C=O) groups is 2. The summed E-state index contributed by atoms with van der Waals surface area (Å²) in [4.78, 5) is 24.6. The van der Waals surface area contributed by atoms with Crippen molar-refractivity contribution in [2.45, 2.75) is 45.6 Å². The van der Waals surface area contributed by atoms with Gasteiger partial charge < -0.3 is 10.4 Å². The van der Waals surface area contributed by atoms with Crippen LogP contribution < -0.4 is 5.32 Å². The van der Waals surface area contributed by atoms with Crippen LogP contribution in [0, 0.1) is 13.8 Å². The van der Waals surface area contributed by atoms with E-state index in [2.05, 4.69) is 15.5 Å². The molecule has 0 saturated carbocycles. The molecule has 0 spiro atoms. The topological polar surface area (TPSA) is 98.3 Å². The Balaban J connectivity index is 1.70. The Kier molecular flexibility index (Phi) is 5.54. The van der Waals surface area contributed by atoms with Crippen molar-refractivity contribution < 1.29 is 14.7 Å². The zero-order valence-electron chi connectivity index (χ0n) is 13.2. The number of aromatic nitrogens is 2. The predicted octanol–water partition coefficient (Wildman–Crippen LogP) is 0.624. The summed E-state index contributed by atoms with van der Waals surface area (Å²) in [5.74, 6) is -0.760. The van der Waals surface area contributed by atoms with Gasteiger partial charge in [0.1, 0.15) is 0 Å². The third kappa shape index (κ3) is 4.56. The molecule has 2 heterocycles. The highest BCUT2D eigenvalue weighted by Gasteiger charge is 2.21. The van der Waals surface area contributed by atoms with Crippen molar-refractivity contribution in [1.82, 2.24) is 20.4 Å². The van der Waals surface area contributed by atoms with E-state index < -0.39 is 5.97 Å². The van der Waals surface area contributed by atoms with E-state index in [1.165, 1.54) is 0 Å². The van der Waals surface area contributed by atoms with E-state index in [1.54, 1.807) is 0 Å². The van der Waals surface area contributed by atoms with E-state index in [1.807, 2.05) is 18.7 Å². The predicted molar refractivity (Wildman–Crippen MR) is 81.6 cm³/mol. The van der Waals surface area contributed by atoms with E-state index in [0.717, 1.165) is 42.9 Å². The number of carboxylic acid groups (broad SMARTS) is 1. The fourth-order valence-electron chi connectivity index (χ4n) is 2.74. The zero-order valence-corrected chi connectivity index (χ0v) is 13.2. The van der Waals surface area contributed by atoms with Crippen LogP contribution in [-0.4, -0.2) is 57.8 Å². The molecule has 1 aliphatic heterocycles. The Hall–Kier alpha value is -1.89. The van der Waals surface area contributed by atoms with Crippen LogP contribution in [0.2, 0.25) is 0 Å². The summed E-state index contributed by atoms with van der Waals surface area (Å²) in [6.45, 7) is 5.49. The molecule has 122 valence electrons. The third-order valence-corrected chi connectivity index (χ3v) is 4.25. The van der Waals surface area contributed by atoms with Crippen LogP contribution in [0.3, 0.4) is 0 Å². The fraction of sp³-hybridized carbons (Fsp3) is 0.667. The first-order valence-corrected chi connectivity index (χ1v) is 7.69. The monoisotopic (exact) mass is 308 g/mol. The van der Waals surface area contributed by atoms with Gasteiger partial charge >= 0.3 is 5.97 Å². The van der Waals surface area contributed by atoms with Gasteiger partial charge in [-0.15, -0.1) is 0 Å². The third-order valence-electron chi connectivity index (χ3n) is 4.25. The zero-order chi connectivity index (χ0) is 16.1. The molecule has 2 rings (SSSR count). The minimum Gasteiger partial charge on any atom is -0.480 e. The van der Waals surface area contributed by atoms with Crippen molar-refractivity contribution in [3.8, 4) is 0 Å². The van der Waals surface area contributed by atoms with Gasteiger partial charge in [0.25, 0.3) is 0 Å². The van der Waals surface area contributed by atoms with Crippen LogP contribution >= 0.6 is 0 Å². The van der Waals surface area contributed by atoms with Crippen LogP contribution in [0.1, 0.15) is 36.2 Å². The summed E-state index contributed by atoms with van der Waals surface area (Å²) in [6, 6.07) is 0.152. The number of aromatic amines is 1. The van der Waals surface area contributed by atoms with Gasteiger partial charge in [0.15, 0.2) is 0 Å².